The Balaban J connectivity index is 1.46. The Hall–Kier alpha value is -3.15. The molecule has 5 rings (SSSR count). The number of rotatable bonds is 5. The molecule has 3 aromatic rings. The van der Waals surface area contributed by atoms with E-state index >= 15 is 0 Å². The highest BCUT2D eigenvalue weighted by Crippen LogP contribution is 2.48. The number of amides is 1. The molecule has 2 aliphatic rings. The highest BCUT2D eigenvalue weighted by Gasteiger charge is 2.53. The monoisotopic (exact) mass is 414 g/mol. The van der Waals surface area contributed by atoms with Gasteiger partial charge in [-0.25, -0.2) is 0 Å². The Bertz CT molecular complexity index is 1070. The number of aliphatic hydroxyl groups excluding tert-OH is 1. The van der Waals surface area contributed by atoms with Crippen molar-refractivity contribution in [2.45, 2.75) is 24.5 Å². The van der Waals surface area contributed by atoms with E-state index in [0.717, 1.165) is 29.1 Å². The van der Waals surface area contributed by atoms with E-state index in [9.17, 15) is 9.90 Å². The van der Waals surface area contributed by atoms with E-state index in [4.69, 9.17) is 4.74 Å². The molecule has 0 spiro atoms. The standard InChI is InChI=1S/C26H26N2O3/c1-31-20-13-11-18(12-14-20)15-27-23-16-28(26(30)19-7-3-2-4-8-19)22-10-6-5-9-21(22)25(23)24(27)17-29/h2-14,23-25,29H,15-17H2,1H3/t23-,24-,25+/m0/s1. The van der Waals surface area contributed by atoms with Crippen molar-refractivity contribution in [3.8, 4) is 5.75 Å². The zero-order chi connectivity index (χ0) is 21.4. The van der Waals surface area contributed by atoms with E-state index < -0.39 is 0 Å². The molecule has 1 saturated heterocycles. The molecule has 0 aromatic heterocycles. The van der Waals surface area contributed by atoms with E-state index in [-0.39, 0.29) is 30.5 Å². The lowest BCUT2D eigenvalue weighted by atomic mass is 9.71. The van der Waals surface area contributed by atoms with Gasteiger partial charge in [0.1, 0.15) is 5.75 Å². The van der Waals surface area contributed by atoms with Gasteiger partial charge < -0.3 is 14.7 Å². The Morgan fingerprint density at radius 3 is 2.42 bits per heavy atom. The summed E-state index contributed by atoms with van der Waals surface area (Å²) in [6.07, 6.45) is 0. The van der Waals surface area contributed by atoms with Gasteiger partial charge in [0, 0.05) is 42.3 Å². The molecule has 5 nitrogen and oxygen atoms in total. The first kappa shape index (κ1) is 19.8. The number of anilines is 1. The molecule has 0 aliphatic carbocycles. The number of nitrogens with zero attached hydrogens (tertiary/aromatic N) is 2. The van der Waals surface area contributed by atoms with Crippen molar-refractivity contribution in [1.82, 2.24) is 4.90 Å². The van der Waals surface area contributed by atoms with Gasteiger partial charge in [0.2, 0.25) is 0 Å². The third kappa shape index (κ3) is 3.40. The van der Waals surface area contributed by atoms with Crippen LogP contribution in [-0.2, 0) is 6.54 Å². The number of carbonyl (C=O) groups is 1. The maximum atomic E-state index is 13.4. The lowest BCUT2D eigenvalue weighted by Gasteiger charge is -2.59. The summed E-state index contributed by atoms with van der Waals surface area (Å²) in [5.74, 6) is 1.07. The zero-order valence-electron chi connectivity index (χ0n) is 17.5. The molecule has 3 aromatic carbocycles. The van der Waals surface area contributed by atoms with Gasteiger partial charge in [-0.15, -0.1) is 0 Å². The fourth-order valence-corrected chi connectivity index (χ4v) is 5.07. The normalized spacial score (nSPS) is 22.3. The van der Waals surface area contributed by atoms with Crippen LogP contribution in [0.25, 0.3) is 0 Å². The highest BCUT2D eigenvalue weighted by atomic mass is 16.5. The molecule has 1 fully saturated rings. The Morgan fingerprint density at radius 1 is 1.00 bits per heavy atom. The summed E-state index contributed by atoms with van der Waals surface area (Å²) in [6.45, 7) is 1.44. The number of benzene rings is 3. The number of carbonyl (C=O) groups excluding carboxylic acids is 1. The van der Waals surface area contributed by atoms with Crippen LogP contribution in [0.5, 0.6) is 5.75 Å². The molecule has 158 valence electrons. The third-order valence-corrected chi connectivity index (χ3v) is 6.61. The van der Waals surface area contributed by atoms with E-state index in [1.165, 1.54) is 0 Å². The summed E-state index contributed by atoms with van der Waals surface area (Å²) in [5.41, 5.74) is 3.96. The van der Waals surface area contributed by atoms with Crippen LogP contribution < -0.4 is 9.64 Å². The number of aliphatic hydroxyl groups is 1. The topological polar surface area (TPSA) is 53.0 Å². The van der Waals surface area contributed by atoms with Gasteiger partial charge in [-0.1, -0.05) is 48.5 Å². The third-order valence-electron chi connectivity index (χ3n) is 6.61. The van der Waals surface area contributed by atoms with Crippen LogP contribution in [0.3, 0.4) is 0 Å². The lowest BCUT2D eigenvalue weighted by molar-refractivity contribution is -0.0488. The van der Waals surface area contributed by atoms with Crippen molar-refractivity contribution in [3.05, 3.63) is 95.6 Å². The summed E-state index contributed by atoms with van der Waals surface area (Å²) in [5, 5.41) is 10.2. The SMILES string of the molecule is COc1ccc(CN2[C@@H](CO)[C@@H]3c4ccccc4N(C(=O)c4ccccc4)C[C@@H]32)cc1. The molecule has 3 atom stereocenters. The van der Waals surface area contributed by atoms with E-state index in [0.29, 0.717) is 12.1 Å². The largest absolute Gasteiger partial charge is 0.497 e. The number of hydrogen-bond acceptors (Lipinski definition) is 4. The van der Waals surface area contributed by atoms with Crippen LogP contribution in [0, 0.1) is 0 Å². The van der Waals surface area contributed by atoms with Crippen molar-refractivity contribution >= 4 is 11.6 Å². The molecule has 0 radical (unpaired) electrons. The van der Waals surface area contributed by atoms with Crippen LogP contribution in [0.2, 0.25) is 0 Å². The van der Waals surface area contributed by atoms with Crippen LogP contribution >= 0.6 is 0 Å². The van der Waals surface area contributed by atoms with Crippen LogP contribution in [0.1, 0.15) is 27.4 Å². The average molecular weight is 415 g/mol. The predicted molar refractivity (Wildman–Crippen MR) is 121 cm³/mol. The summed E-state index contributed by atoms with van der Waals surface area (Å²) in [7, 11) is 1.66. The first-order chi connectivity index (χ1) is 15.2. The van der Waals surface area contributed by atoms with Crippen molar-refractivity contribution in [2.75, 3.05) is 25.2 Å². The Kier molecular flexibility index (Phi) is 5.22. The van der Waals surface area contributed by atoms with Crippen molar-refractivity contribution < 1.29 is 14.6 Å². The molecular formula is C26H26N2O3. The Labute approximate surface area is 182 Å². The number of para-hydroxylation sites is 1. The second kappa shape index (κ2) is 8.17. The van der Waals surface area contributed by atoms with Crippen LogP contribution in [-0.4, -0.2) is 48.3 Å². The number of likely N-dealkylation sites (tertiary alicyclic amines) is 1. The highest BCUT2D eigenvalue weighted by molar-refractivity contribution is 6.07. The van der Waals surface area contributed by atoms with Gasteiger partial charge in [-0.05, 0) is 41.5 Å². The number of ether oxygens (including phenoxy) is 1. The number of methoxy groups -OCH3 is 1. The smallest absolute Gasteiger partial charge is 0.258 e. The molecule has 31 heavy (non-hydrogen) atoms. The van der Waals surface area contributed by atoms with Crippen LogP contribution in [0.4, 0.5) is 5.69 Å². The molecule has 2 heterocycles. The molecule has 5 heteroatoms. The van der Waals surface area contributed by atoms with Crippen molar-refractivity contribution in [3.63, 3.8) is 0 Å². The van der Waals surface area contributed by atoms with Crippen molar-refractivity contribution in [1.29, 1.82) is 0 Å². The fourth-order valence-electron chi connectivity index (χ4n) is 5.07. The van der Waals surface area contributed by atoms with E-state index in [1.807, 2.05) is 65.6 Å². The second-order valence-corrected chi connectivity index (χ2v) is 8.20. The average Bonchev–Trinajstić information content (AvgIpc) is 2.83. The van der Waals surface area contributed by atoms with Crippen molar-refractivity contribution in [2.24, 2.45) is 0 Å². The molecule has 0 saturated carbocycles. The van der Waals surface area contributed by atoms with E-state index in [2.05, 4.69) is 23.1 Å². The summed E-state index contributed by atoms with van der Waals surface area (Å²) in [6, 6.07) is 25.8. The summed E-state index contributed by atoms with van der Waals surface area (Å²) >= 11 is 0. The van der Waals surface area contributed by atoms with E-state index in [1.54, 1.807) is 7.11 Å². The molecule has 0 unspecified atom stereocenters. The lowest BCUT2D eigenvalue weighted by Crippen LogP contribution is -2.68. The Morgan fingerprint density at radius 2 is 1.71 bits per heavy atom. The van der Waals surface area contributed by atoms with Gasteiger partial charge >= 0.3 is 0 Å². The molecule has 1 amide bonds. The van der Waals surface area contributed by atoms with Gasteiger partial charge in [-0.2, -0.15) is 0 Å². The zero-order valence-corrected chi connectivity index (χ0v) is 17.5. The summed E-state index contributed by atoms with van der Waals surface area (Å²) in [4.78, 5) is 17.6. The van der Waals surface area contributed by atoms with Crippen LogP contribution in [0.15, 0.2) is 78.9 Å². The van der Waals surface area contributed by atoms with Gasteiger partial charge in [0.15, 0.2) is 0 Å². The van der Waals surface area contributed by atoms with Gasteiger partial charge in [0.25, 0.3) is 5.91 Å². The predicted octanol–water partition coefficient (Wildman–Crippen LogP) is 3.68. The second-order valence-electron chi connectivity index (χ2n) is 8.20. The minimum absolute atomic E-state index is 0.0170. The first-order valence-electron chi connectivity index (χ1n) is 10.7. The maximum Gasteiger partial charge on any atom is 0.258 e. The minimum atomic E-state index is 0.0170. The molecular weight excluding hydrogens is 388 g/mol. The number of hydrogen-bond donors (Lipinski definition) is 1. The maximum absolute atomic E-state index is 13.4. The fraction of sp³-hybridized carbons (Fsp3) is 0.269. The number of fused-ring (bicyclic) bond motifs is 3. The minimum Gasteiger partial charge on any atom is -0.497 e. The first-order valence-corrected chi connectivity index (χ1v) is 10.7. The summed E-state index contributed by atoms with van der Waals surface area (Å²) < 4.78 is 5.27. The molecule has 2 aliphatic heterocycles. The molecule has 0 bridgehead atoms. The van der Waals surface area contributed by atoms with Gasteiger partial charge in [-0.3, -0.25) is 9.69 Å². The quantitative estimate of drug-likeness (QED) is 0.692. The van der Waals surface area contributed by atoms with Gasteiger partial charge in [0.05, 0.1) is 13.7 Å². The molecule has 1 N–H and O–H groups in total.